The van der Waals surface area contributed by atoms with E-state index in [2.05, 4.69) is 31.3 Å². The summed E-state index contributed by atoms with van der Waals surface area (Å²) in [6.07, 6.45) is 14.6. The van der Waals surface area contributed by atoms with Gasteiger partial charge in [0.2, 0.25) is 11.8 Å². The number of nitrogens with zero attached hydrogens (tertiary/aromatic N) is 1. The SMILES string of the molecule is CC(C=CC1CC2(CO2)CC(CC(N)=O)O1)=CCC1OC(C)C(NC(=O)C=CC(C)OC(=O)N2CCCCC2)CC1C. The van der Waals surface area contributed by atoms with Gasteiger partial charge in [-0.05, 0) is 64.9 Å². The van der Waals surface area contributed by atoms with Crippen molar-refractivity contribution in [3.05, 3.63) is 36.0 Å². The number of epoxide rings is 1. The van der Waals surface area contributed by atoms with Gasteiger partial charge in [-0.25, -0.2) is 4.79 Å². The Kier molecular flexibility index (Phi) is 11.3. The second-order valence-electron chi connectivity index (χ2n) is 12.6. The molecule has 0 bridgehead atoms. The van der Waals surface area contributed by atoms with Gasteiger partial charge in [0.05, 0.1) is 49.1 Å². The first-order valence-corrected chi connectivity index (χ1v) is 15.5. The van der Waals surface area contributed by atoms with Gasteiger partial charge >= 0.3 is 6.09 Å². The lowest BCUT2D eigenvalue weighted by Crippen LogP contribution is -2.50. The molecule has 10 nitrogen and oxygen atoms in total. The first-order chi connectivity index (χ1) is 20.0. The van der Waals surface area contributed by atoms with Crippen LogP contribution in [0.3, 0.4) is 0 Å². The van der Waals surface area contributed by atoms with E-state index < -0.39 is 6.10 Å². The standard InChI is InChI=1S/C32H49N3O7/c1-21(8-11-25-18-32(20-39-32)19-26(42-25)17-29(33)36)9-12-28-22(2)16-27(24(4)41-28)34-30(37)13-10-23(3)40-31(38)35-14-6-5-7-15-35/h8-11,13,22-28H,5-7,12,14-20H2,1-4H3,(H2,33,36)(H,34,37). The highest BCUT2D eigenvalue weighted by molar-refractivity contribution is 5.87. The molecular formula is C32H49N3O7. The number of likely N-dealkylation sites (tertiary alicyclic amines) is 1. The number of amides is 3. The molecule has 3 amide bonds. The van der Waals surface area contributed by atoms with Crippen LogP contribution in [0.5, 0.6) is 0 Å². The van der Waals surface area contributed by atoms with Gasteiger partial charge in [-0.1, -0.05) is 30.7 Å². The molecule has 0 aromatic heterocycles. The summed E-state index contributed by atoms with van der Waals surface area (Å²) in [5, 5.41) is 3.06. The molecule has 42 heavy (non-hydrogen) atoms. The fraction of sp³-hybridized carbons (Fsp3) is 0.719. The number of hydrogen-bond acceptors (Lipinski definition) is 7. The Morgan fingerprint density at radius 2 is 1.86 bits per heavy atom. The molecule has 4 heterocycles. The Labute approximate surface area is 250 Å². The Morgan fingerprint density at radius 1 is 1.12 bits per heavy atom. The number of nitrogens with two attached hydrogens (primary N) is 1. The van der Waals surface area contributed by atoms with Gasteiger partial charge in [0.15, 0.2) is 0 Å². The highest BCUT2D eigenvalue weighted by atomic mass is 16.6. The molecule has 3 N–H and O–H groups in total. The predicted molar refractivity (Wildman–Crippen MR) is 158 cm³/mol. The number of carbonyl (C=O) groups excluding carboxylic acids is 3. The van der Waals surface area contributed by atoms with E-state index in [4.69, 9.17) is 24.7 Å². The Hall–Kier alpha value is -2.69. The predicted octanol–water partition coefficient (Wildman–Crippen LogP) is 3.94. The van der Waals surface area contributed by atoms with Crippen molar-refractivity contribution >= 4 is 17.9 Å². The minimum Gasteiger partial charge on any atom is -0.442 e. The fourth-order valence-corrected chi connectivity index (χ4v) is 6.15. The van der Waals surface area contributed by atoms with Crippen LogP contribution in [0.2, 0.25) is 0 Å². The maximum absolute atomic E-state index is 12.6. The molecule has 4 rings (SSSR count). The summed E-state index contributed by atoms with van der Waals surface area (Å²) < 4.78 is 23.5. The smallest absolute Gasteiger partial charge is 0.410 e. The van der Waals surface area contributed by atoms with Crippen LogP contribution in [0, 0.1) is 5.92 Å². The van der Waals surface area contributed by atoms with E-state index in [1.807, 2.05) is 13.0 Å². The van der Waals surface area contributed by atoms with Crippen molar-refractivity contribution in [1.82, 2.24) is 10.2 Å². The van der Waals surface area contributed by atoms with E-state index in [0.717, 1.165) is 63.6 Å². The molecule has 0 saturated carbocycles. The summed E-state index contributed by atoms with van der Waals surface area (Å²) in [5.41, 5.74) is 6.34. The Bertz CT molecular complexity index is 1050. The van der Waals surface area contributed by atoms with Crippen LogP contribution < -0.4 is 11.1 Å². The van der Waals surface area contributed by atoms with Crippen LogP contribution in [0.15, 0.2) is 36.0 Å². The summed E-state index contributed by atoms with van der Waals surface area (Å²) in [5.74, 6) is -0.314. The monoisotopic (exact) mass is 587 g/mol. The van der Waals surface area contributed by atoms with Gasteiger partial charge < -0.3 is 34.9 Å². The highest BCUT2D eigenvalue weighted by Gasteiger charge is 2.51. The van der Waals surface area contributed by atoms with Crippen molar-refractivity contribution in [2.75, 3.05) is 19.7 Å². The number of primary amides is 1. The normalized spacial score (nSPS) is 34.5. The molecule has 8 atom stereocenters. The third-order valence-electron chi connectivity index (χ3n) is 8.73. The molecular weight excluding hydrogens is 538 g/mol. The van der Waals surface area contributed by atoms with E-state index in [-0.39, 0.29) is 66.3 Å². The molecule has 4 fully saturated rings. The highest BCUT2D eigenvalue weighted by Crippen LogP contribution is 2.43. The maximum atomic E-state index is 12.6. The van der Waals surface area contributed by atoms with Crippen molar-refractivity contribution in [3.63, 3.8) is 0 Å². The summed E-state index contributed by atoms with van der Waals surface area (Å²) in [6, 6.07) is -0.0988. The van der Waals surface area contributed by atoms with Gasteiger partial charge in [-0.15, -0.1) is 0 Å². The Balaban J connectivity index is 1.19. The molecule has 4 aliphatic rings. The van der Waals surface area contributed by atoms with Crippen molar-refractivity contribution in [1.29, 1.82) is 0 Å². The van der Waals surface area contributed by atoms with Gasteiger partial charge in [-0.3, -0.25) is 9.59 Å². The van der Waals surface area contributed by atoms with Gasteiger partial charge in [0.25, 0.3) is 0 Å². The first kappa shape index (κ1) is 32.2. The molecule has 0 aromatic carbocycles. The fourth-order valence-electron chi connectivity index (χ4n) is 6.15. The van der Waals surface area contributed by atoms with Crippen LogP contribution in [-0.4, -0.2) is 84.7 Å². The zero-order chi connectivity index (χ0) is 30.3. The minimum atomic E-state index is -0.484. The zero-order valence-corrected chi connectivity index (χ0v) is 25.6. The van der Waals surface area contributed by atoms with Crippen LogP contribution in [0.4, 0.5) is 4.79 Å². The molecule has 4 aliphatic heterocycles. The van der Waals surface area contributed by atoms with Crippen molar-refractivity contribution in [2.45, 2.75) is 121 Å². The van der Waals surface area contributed by atoms with Crippen LogP contribution >= 0.6 is 0 Å². The largest absolute Gasteiger partial charge is 0.442 e. The molecule has 8 unspecified atom stereocenters. The third kappa shape index (κ3) is 9.67. The van der Waals surface area contributed by atoms with Crippen LogP contribution in [-0.2, 0) is 28.5 Å². The molecule has 4 saturated heterocycles. The number of carbonyl (C=O) groups is 3. The van der Waals surface area contributed by atoms with Crippen molar-refractivity contribution < 1.29 is 33.3 Å². The van der Waals surface area contributed by atoms with Gasteiger partial charge in [-0.2, -0.15) is 0 Å². The van der Waals surface area contributed by atoms with Gasteiger partial charge in [0.1, 0.15) is 6.10 Å². The number of rotatable bonds is 10. The average Bonchev–Trinajstić information content (AvgIpc) is 3.69. The minimum absolute atomic E-state index is 0.0512. The van der Waals surface area contributed by atoms with Crippen molar-refractivity contribution in [2.24, 2.45) is 11.7 Å². The average molecular weight is 588 g/mol. The lowest BCUT2D eigenvalue weighted by molar-refractivity contribution is -0.125. The maximum Gasteiger partial charge on any atom is 0.410 e. The molecule has 10 heteroatoms. The van der Waals surface area contributed by atoms with E-state index in [9.17, 15) is 14.4 Å². The second-order valence-corrected chi connectivity index (χ2v) is 12.6. The molecule has 0 radical (unpaired) electrons. The summed E-state index contributed by atoms with van der Waals surface area (Å²) >= 11 is 0. The zero-order valence-electron chi connectivity index (χ0n) is 25.6. The van der Waals surface area contributed by atoms with E-state index in [1.165, 1.54) is 6.08 Å². The second kappa shape index (κ2) is 14.7. The molecule has 1 spiro atoms. The van der Waals surface area contributed by atoms with E-state index in [1.54, 1.807) is 17.9 Å². The van der Waals surface area contributed by atoms with E-state index in [0.29, 0.717) is 6.61 Å². The van der Waals surface area contributed by atoms with Crippen LogP contribution in [0.1, 0.15) is 79.1 Å². The molecule has 234 valence electrons. The number of ether oxygens (including phenoxy) is 4. The molecule has 0 aromatic rings. The molecule has 0 aliphatic carbocycles. The third-order valence-corrected chi connectivity index (χ3v) is 8.73. The number of nitrogens with one attached hydrogen (secondary N) is 1. The number of piperidine rings is 1. The first-order valence-electron chi connectivity index (χ1n) is 15.5. The number of allylic oxidation sites excluding steroid dienone is 2. The van der Waals surface area contributed by atoms with Crippen molar-refractivity contribution in [3.8, 4) is 0 Å². The van der Waals surface area contributed by atoms with Gasteiger partial charge in [0, 0.05) is 32.0 Å². The number of hydrogen-bond donors (Lipinski definition) is 2. The summed E-state index contributed by atoms with van der Waals surface area (Å²) in [6.45, 7) is 10.1. The Morgan fingerprint density at radius 3 is 2.55 bits per heavy atom. The van der Waals surface area contributed by atoms with Crippen LogP contribution in [0.25, 0.3) is 0 Å². The van der Waals surface area contributed by atoms with E-state index >= 15 is 0 Å². The lowest BCUT2D eigenvalue weighted by atomic mass is 9.88. The quantitative estimate of drug-likeness (QED) is 0.225. The summed E-state index contributed by atoms with van der Waals surface area (Å²) in [4.78, 5) is 38.0. The lowest BCUT2D eigenvalue weighted by Gasteiger charge is -2.39. The topological polar surface area (TPSA) is 133 Å². The summed E-state index contributed by atoms with van der Waals surface area (Å²) in [7, 11) is 0.